The van der Waals surface area contributed by atoms with Crippen molar-refractivity contribution < 1.29 is 27.9 Å². The number of halogens is 3. The first-order valence-corrected chi connectivity index (χ1v) is 10.0. The van der Waals surface area contributed by atoms with Crippen molar-refractivity contribution in [2.75, 3.05) is 5.32 Å². The molecule has 3 rings (SSSR count). The van der Waals surface area contributed by atoms with Crippen molar-refractivity contribution in [2.45, 2.75) is 38.3 Å². The molecular weight excluding hydrogens is 437 g/mol. The second-order valence-electron chi connectivity index (χ2n) is 8.10. The number of aromatic amines is 1. The van der Waals surface area contributed by atoms with E-state index in [0.717, 1.165) is 12.1 Å². The summed E-state index contributed by atoms with van der Waals surface area (Å²) in [7, 11) is 0. The number of aliphatic hydroxyl groups excluding tert-OH is 1. The van der Waals surface area contributed by atoms with Gasteiger partial charge in [0, 0.05) is 23.2 Å². The van der Waals surface area contributed by atoms with Crippen LogP contribution in [-0.4, -0.2) is 33.2 Å². The lowest BCUT2D eigenvalue weighted by Crippen LogP contribution is -2.43. The van der Waals surface area contributed by atoms with Gasteiger partial charge in [0.2, 0.25) is 5.91 Å². The maximum atomic E-state index is 14.2. The molecular formula is C23H23F3N4O3. The van der Waals surface area contributed by atoms with Crippen LogP contribution in [-0.2, 0) is 15.0 Å². The highest BCUT2D eigenvalue weighted by atomic mass is 19.1. The van der Waals surface area contributed by atoms with E-state index in [1.807, 2.05) is 0 Å². The number of carbonyl (C=O) groups is 2. The Morgan fingerprint density at radius 1 is 1.03 bits per heavy atom. The first kappa shape index (κ1) is 24.0. The number of carbonyl (C=O) groups excluding carboxylic acids is 2. The Hall–Kier alpha value is -3.66. The molecule has 0 aliphatic carbocycles. The average Bonchev–Trinajstić information content (AvgIpc) is 3.22. The van der Waals surface area contributed by atoms with Crippen molar-refractivity contribution in [1.82, 2.24) is 15.5 Å². The normalized spacial score (nSPS) is 13.3. The van der Waals surface area contributed by atoms with Crippen LogP contribution in [0.5, 0.6) is 0 Å². The number of amides is 2. The highest BCUT2D eigenvalue weighted by molar-refractivity contribution is 5.97. The van der Waals surface area contributed by atoms with Crippen molar-refractivity contribution >= 4 is 17.6 Å². The van der Waals surface area contributed by atoms with E-state index in [0.29, 0.717) is 17.3 Å². The molecule has 2 atom stereocenters. The first-order valence-electron chi connectivity index (χ1n) is 10.0. The molecule has 0 saturated heterocycles. The summed E-state index contributed by atoms with van der Waals surface area (Å²) in [5, 5.41) is 21.6. The fourth-order valence-corrected chi connectivity index (χ4v) is 3.30. The highest BCUT2D eigenvalue weighted by Gasteiger charge is 2.29. The summed E-state index contributed by atoms with van der Waals surface area (Å²) in [6, 6.07) is 9.00. The molecule has 0 fully saturated rings. The van der Waals surface area contributed by atoms with Crippen LogP contribution in [0.15, 0.2) is 48.5 Å². The van der Waals surface area contributed by atoms with Crippen molar-refractivity contribution in [3.05, 3.63) is 82.8 Å². The zero-order chi connectivity index (χ0) is 24.3. The van der Waals surface area contributed by atoms with Crippen LogP contribution in [0.2, 0.25) is 0 Å². The molecule has 0 spiro atoms. The Labute approximate surface area is 188 Å². The predicted molar refractivity (Wildman–Crippen MR) is 115 cm³/mol. The van der Waals surface area contributed by atoms with Gasteiger partial charge < -0.3 is 15.7 Å². The number of aliphatic hydroxyl groups is 1. The Morgan fingerprint density at radius 3 is 2.30 bits per heavy atom. The molecule has 174 valence electrons. The van der Waals surface area contributed by atoms with Gasteiger partial charge in [-0.05, 0) is 36.2 Å². The molecule has 1 aromatic heterocycles. The number of anilines is 1. The van der Waals surface area contributed by atoms with Crippen LogP contribution >= 0.6 is 0 Å². The van der Waals surface area contributed by atoms with E-state index in [1.165, 1.54) is 13.0 Å². The summed E-state index contributed by atoms with van der Waals surface area (Å²) in [5.74, 6) is -3.79. The molecule has 1 heterocycles. The number of benzene rings is 2. The zero-order valence-corrected chi connectivity index (χ0v) is 18.1. The SMILES string of the molecule is CC(NC(=O)C(O)c1cc(F)cc(F)c1)C(=O)Nc1cc(C(C)(C)c2ccccc2F)[nH]n1. The molecule has 2 amide bonds. The number of rotatable bonds is 7. The second kappa shape index (κ2) is 9.45. The van der Waals surface area contributed by atoms with Crippen molar-refractivity contribution in [2.24, 2.45) is 0 Å². The standard InChI is InChI=1S/C23H23F3N4O3/c1-12(27-22(33)20(31)13-8-14(24)10-15(25)9-13)21(32)28-19-11-18(29-30-19)23(2,3)16-6-4-5-7-17(16)26/h4-12,20,31H,1-3H3,(H,27,33)(H2,28,29,30,32). The first-order chi connectivity index (χ1) is 15.5. The largest absolute Gasteiger partial charge is 0.378 e. The van der Waals surface area contributed by atoms with E-state index in [1.54, 1.807) is 38.1 Å². The third-order valence-corrected chi connectivity index (χ3v) is 5.25. The summed E-state index contributed by atoms with van der Waals surface area (Å²) in [5.41, 5.74) is -0.0751. The molecule has 10 heteroatoms. The van der Waals surface area contributed by atoms with Crippen LogP contribution < -0.4 is 10.6 Å². The minimum absolute atomic E-state index is 0.147. The fraction of sp³-hybridized carbons (Fsp3) is 0.261. The number of H-pyrrole nitrogens is 1. The highest BCUT2D eigenvalue weighted by Crippen LogP contribution is 2.32. The molecule has 4 N–H and O–H groups in total. The fourth-order valence-electron chi connectivity index (χ4n) is 3.30. The lowest BCUT2D eigenvalue weighted by atomic mass is 9.81. The number of nitrogens with zero attached hydrogens (tertiary/aromatic N) is 1. The third-order valence-electron chi connectivity index (χ3n) is 5.25. The molecule has 0 saturated carbocycles. The molecule has 0 aliphatic rings. The van der Waals surface area contributed by atoms with E-state index in [4.69, 9.17) is 0 Å². The summed E-state index contributed by atoms with van der Waals surface area (Å²) in [6.45, 7) is 4.96. The van der Waals surface area contributed by atoms with Crippen LogP contribution in [0.25, 0.3) is 0 Å². The summed E-state index contributed by atoms with van der Waals surface area (Å²) >= 11 is 0. The monoisotopic (exact) mass is 460 g/mol. The molecule has 0 bridgehead atoms. The maximum Gasteiger partial charge on any atom is 0.254 e. The number of nitrogens with one attached hydrogen (secondary N) is 3. The van der Waals surface area contributed by atoms with E-state index >= 15 is 0 Å². The van der Waals surface area contributed by atoms with E-state index in [9.17, 15) is 27.9 Å². The molecule has 2 unspecified atom stereocenters. The van der Waals surface area contributed by atoms with Gasteiger partial charge in [-0.15, -0.1) is 0 Å². The quantitative estimate of drug-likeness (QED) is 0.434. The van der Waals surface area contributed by atoms with Gasteiger partial charge in [-0.1, -0.05) is 32.0 Å². The second-order valence-corrected chi connectivity index (χ2v) is 8.10. The summed E-state index contributed by atoms with van der Waals surface area (Å²) in [6.07, 6.45) is -1.87. The van der Waals surface area contributed by atoms with Gasteiger partial charge in [0.1, 0.15) is 23.5 Å². The molecule has 3 aromatic rings. The Kier molecular flexibility index (Phi) is 6.87. The van der Waals surface area contributed by atoms with Crippen molar-refractivity contribution in [3.8, 4) is 0 Å². The van der Waals surface area contributed by atoms with E-state index in [2.05, 4.69) is 20.8 Å². The van der Waals surface area contributed by atoms with Crippen LogP contribution in [0.3, 0.4) is 0 Å². The summed E-state index contributed by atoms with van der Waals surface area (Å²) < 4.78 is 40.9. The van der Waals surface area contributed by atoms with Gasteiger partial charge >= 0.3 is 0 Å². The number of aromatic nitrogens is 2. The van der Waals surface area contributed by atoms with Gasteiger partial charge in [0.05, 0.1) is 0 Å². The molecule has 33 heavy (non-hydrogen) atoms. The van der Waals surface area contributed by atoms with E-state index in [-0.39, 0.29) is 17.2 Å². The third kappa shape index (κ3) is 5.40. The van der Waals surface area contributed by atoms with Crippen LogP contribution in [0, 0.1) is 17.5 Å². The van der Waals surface area contributed by atoms with E-state index < -0.39 is 41.0 Å². The minimum Gasteiger partial charge on any atom is -0.378 e. The zero-order valence-electron chi connectivity index (χ0n) is 18.1. The topological polar surface area (TPSA) is 107 Å². The van der Waals surface area contributed by atoms with Gasteiger partial charge in [-0.25, -0.2) is 13.2 Å². The van der Waals surface area contributed by atoms with Crippen molar-refractivity contribution in [1.29, 1.82) is 0 Å². The maximum absolute atomic E-state index is 14.2. The molecule has 7 nitrogen and oxygen atoms in total. The van der Waals surface area contributed by atoms with Gasteiger partial charge in [-0.2, -0.15) is 5.10 Å². The predicted octanol–water partition coefficient (Wildman–Crippen LogP) is 3.33. The lowest BCUT2D eigenvalue weighted by Gasteiger charge is -2.24. The van der Waals surface area contributed by atoms with Gasteiger partial charge in [-0.3, -0.25) is 14.7 Å². The minimum atomic E-state index is -1.87. The Balaban J connectivity index is 1.65. The molecule has 2 aromatic carbocycles. The molecule has 0 radical (unpaired) electrons. The smallest absolute Gasteiger partial charge is 0.254 e. The van der Waals surface area contributed by atoms with Crippen LogP contribution in [0.4, 0.5) is 19.0 Å². The number of hydrogen-bond acceptors (Lipinski definition) is 4. The molecule has 0 aliphatic heterocycles. The number of hydrogen-bond donors (Lipinski definition) is 4. The van der Waals surface area contributed by atoms with Gasteiger partial charge in [0.15, 0.2) is 11.9 Å². The Morgan fingerprint density at radius 2 is 1.67 bits per heavy atom. The van der Waals surface area contributed by atoms with Crippen LogP contribution in [0.1, 0.15) is 43.7 Å². The summed E-state index contributed by atoms with van der Waals surface area (Å²) in [4.78, 5) is 24.7. The Bertz CT molecular complexity index is 1160. The van der Waals surface area contributed by atoms with Crippen molar-refractivity contribution in [3.63, 3.8) is 0 Å². The van der Waals surface area contributed by atoms with Gasteiger partial charge in [0.25, 0.3) is 5.91 Å². The average molecular weight is 460 g/mol. The lowest BCUT2D eigenvalue weighted by molar-refractivity contribution is -0.132.